The van der Waals surface area contributed by atoms with Gasteiger partial charge in [0.15, 0.2) is 5.69 Å². The zero-order valence-corrected chi connectivity index (χ0v) is 38.7. The number of hydrogen-bond donors (Lipinski definition) is 6. The SMILES string of the molecule is COc1cccc(NC(=O)c2nc(-c3ccccc3)oc2Cc2ccc(OP(=O)(O)O)cc2)c1.COc1cccc(NC(=O)c2nc(-c3ccccc3)sc2Cc2ccc(OP(=O)(O)O)cc2)c1. The normalized spacial score (nSPS) is 11.1. The van der Waals surface area contributed by atoms with Crippen molar-refractivity contribution in [3.05, 3.63) is 191 Å². The number of thiazole rings is 1. The zero-order chi connectivity index (χ0) is 48.3. The van der Waals surface area contributed by atoms with Crippen LogP contribution >= 0.6 is 27.0 Å². The van der Waals surface area contributed by atoms with Crippen LogP contribution in [0, 0.1) is 0 Å². The van der Waals surface area contributed by atoms with Crippen molar-refractivity contribution < 1.29 is 61.2 Å². The first-order valence-electron chi connectivity index (χ1n) is 20.3. The van der Waals surface area contributed by atoms with Crippen molar-refractivity contribution in [1.82, 2.24) is 9.97 Å². The lowest BCUT2D eigenvalue weighted by molar-refractivity contribution is 0.101. The van der Waals surface area contributed by atoms with Gasteiger partial charge in [-0.3, -0.25) is 29.2 Å². The quantitative estimate of drug-likeness (QED) is 0.0493. The third-order valence-corrected chi connectivity index (χ3v) is 11.5. The van der Waals surface area contributed by atoms with Gasteiger partial charge in [0.1, 0.15) is 39.5 Å². The maximum Gasteiger partial charge on any atom is 0.524 e. The van der Waals surface area contributed by atoms with E-state index in [1.807, 2.05) is 60.7 Å². The molecular weight excluding hydrogens is 935 g/mol. The van der Waals surface area contributed by atoms with E-state index in [1.54, 1.807) is 87.0 Å². The molecule has 0 aliphatic heterocycles. The number of carbonyl (C=O) groups is 2. The van der Waals surface area contributed by atoms with Gasteiger partial charge >= 0.3 is 15.6 Å². The number of phosphoric acid groups is 2. The summed E-state index contributed by atoms with van der Waals surface area (Å²) in [5.41, 5.74) is 4.73. The second kappa shape index (κ2) is 21.9. The van der Waals surface area contributed by atoms with Gasteiger partial charge in [0.2, 0.25) is 5.89 Å². The number of nitrogens with zero attached hydrogens (tertiary/aromatic N) is 2. The van der Waals surface area contributed by atoms with Gasteiger partial charge in [0.05, 0.1) is 14.2 Å². The highest BCUT2D eigenvalue weighted by atomic mass is 32.1. The van der Waals surface area contributed by atoms with Crippen LogP contribution in [-0.4, -0.2) is 55.6 Å². The molecule has 0 saturated heterocycles. The number of carbonyl (C=O) groups excluding carboxylic acids is 2. The van der Waals surface area contributed by atoms with Crippen molar-refractivity contribution in [1.29, 1.82) is 0 Å². The van der Waals surface area contributed by atoms with E-state index in [0.29, 0.717) is 51.6 Å². The maximum atomic E-state index is 13.2. The van der Waals surface area contributed by atoms with Gasteiger partial charge in [-0.15, -0.1) is 11.3 Å². The number of phosphoric ester groups is 2. The molecule has 0 spiro atoms. The maximum absolute atomic E-state index is 13.2. The van der Waals surface area contributed by atoms with Crippen molar-refractivity contribution in [2.75, 3.05) is 24.9 Å². The van der Waals surface area contributed by atoms with Gasteiger partial charge in [0.25, 0.3) is 11.8 Å². The van der Waals surface area contributed by atoms with Crippen molar-refractivity contribution >= 4 is 50.2 Å². The van der Waals surface area contributed by atoms with Crippen LogP contribution in [0.1, 0.15) is 42.7 Å². The number of ether oxygens (including phenoxy) is 2. The second-order valence-electron chi connectivity index (χ2n) is 14.5. The summed E-state index contributed by atoms with van der Waals surface area (Å²) in [5.74, 6) is 1.15. The van der Waals surface area contributed by atoms with Crippen LogP contribution < -0.4 is 29.2 Å². The van der Waals surface area contributed by atoms with Gasteiger partial charge < -0.3 is 33.6 Å². The summed E-state index contributed by atoms with van der Waals surface area (Å²) in [6.07, 6.45) is 0.623. The van der Waals surface area contributed by atoms with Crippen molar-refractivity contribution in [3.8, 4) is 45.0 Å². The van der Waals surface area contributed by atoms with Crippen LogP contribution in [0.5, 0.6) is 23.0 Å². The Kier molecular flexibility index (Phi) is 15.7. The van der Waals surface area contributed by atoms with Crippen LogP contribution in [0.4, 0.5) is 11.4 Å². The third kappa shape index (κ3) is 13.8. The predicted molar refractivity (Wildman–Crippen MR) is 255 cm³/mol. The minimum absolute atomic E-state index is 0.0237. The molecule has 0 unspecified atom stereocenters. The topological polar surface area (TPSA) is 249 Å². The molecule has 348 valence electrons. The fourth-order valence-electron chi connectivity index (χ4n) is 6.47. The summed E-state index contributed by atoms with van der Waals surface area (Å²) < 4.78 is 47.6. The molecule has 2 amide bonds. The van der Waals surface area contributed by atoms with Crippen molar-refractivity contribution in [2.24, 2.45) is 0 Å². The Balaban J connectivity index is 0.000000201. The van der Waals surface area contributed by atoms with Gasteiger partial charge in [-0.25, -0.2) is 19.1 Å². The summed E-state index contributed by atoms with van der Waals surface area (Å²) in [6.45, 7) is 0. The van der Waals surface area contributed by atoms with Crippen LogP contribution in [0.2, 0.25) is 0 Å². The van der Waals surface area contributed by atoms with Crippen LogP contribution in [-0.2, 0) is 22.0 Å². The zero-order valence-electron chi connectivity index (χ0n) is 36.1. The molecule has 0 bridgehead atoms. The lowest BCUT2D eigenvalue weighted by atomic mass is 10.1. The number of amides is 2. The van der Waals surface area contributed by atoms with Crippen molar-refractivity contribution in [3.63, 3.8) is 0 Å². The highest BCUT2D eigenvalue weighted by Gasteiger charge is 2.24. The average molecular weight is 977 g/mol. The number of rotatable bonds is 16. The Hall–Kier alpha value is -7.40. The largest absolute Gasteiger partial charge is 0.524 e. The van der Waals surface area contributed by atoms with Crippen LogP contribution in [0.15, 0.2) is 162 Å². The van der Waals surface area contributed by atoms with Gasteiger partial charge in [-0.1, -0.05) is 84.9 Å². The Morgan fingerprint density at radius 2 is 1.03 bits per heavy atom. The summed E-state index contributed by atoms with van der Waals surface area (Å²) in [4.78, 5) is 71.9. The molecule has 20 heteroatoms. The molecule has 0 aliphatic carbocycles. The van der Waals surface area contributed by atoms with E-state index in [4.69, 9.17) is 33.5 Å². The molecule has 6 N–H and O–H groups in total. The first-order chi connectivity index (χ1) is 32.6. The van der Waals surface area contributed by atoms with Gasteiger partial charge in [-0.2, -0.15) is 0 Å². The molecular formula is C48H42N4O13P2S. The standard InChI is InChI=1S/C24H21N2O7P.C24H21N2O6PS/c1-31-20-9-5-8-18(15-20)25-23(27)22-21(32-24(26-22)17-6-3-2-4-7-17)14-16-10-12-19(13-11-16)33-34(28,29)30;1-31-20-9-5-8-18(15-20)25-23(27)22-21(34-24(26-22)17-6-3-2-4-7-17)14-16-10-12-19(13-11-16)32-33(28,29)30/h2*2-13,15H,14H2,1H3,(H,25,27)(H2,28,29,30). The number of hydrogen-bond acceptors (Lipinski definition) is 12. The fourth-order valence-corrected chi connectivity index (χ4v) is 8.36. The number of benzene rings is 6. The number of methoxy groups -OCH3 is 2. The molecule has 17 nitrogen and oxygen atoms in total. The average Bonchev–Trinajstić information content (AvgIpc) is 3.95. The highest BCUT2D eigenvalue weighted by molar-refractivity contribution is 7.47. The molecule has 2 aromatic heterocycles. The first kappa shape index (κ1) is 48.5. The number of nitrogens with one attached hydrogen (secondary N) is 2. The molecule has 68 heavy (non-hydrogen) atoms. The van der Waals surface area contributed by atoms with E-state index in [2.05, 4.69) is 29.6 Å². The van der Waals surface area contributed by atoms with E-state index < -0.39 is 21.6 Å². The molecule has 0 aliphatic rings. The van der Waals surface area contributed by atoms with Crippen LogP contribution in [0.25, 0.3) is 22.0 Å². The van der Waals surface area contributed by atoms with Gasteiger partial charge in [-0.05, 0) is 71.8 Å². The molecule has 8 aromatic rings. The first-order valence-corrected chi connectivity index (χ1v) is 24.2. The molecule has 2 heterocycles. The van der Waals surface area contributed by atoms with Gasteiger partial charge in [0, 0.05) is 52.4 Å². The van der Waals surface area contributed by atoms with Crippen LogP contribution in [0.3, 0.4) is 0 Å². The summed E-state index contributed by atoms with van der Waals surface area (Å²) >= 11 is 1.42. The molecule has 8 rings (SSSR count). The lowest BCUT2D eigenvalue weighted by Gasteiger charge is -2.08. The number of anilines is 2. The lowest BCUT2D eigenvalue weighted by Crippen LogP contribution is -2.14. The number of oxazole rings is 1. The molecule has 6 aromatic carbocycles. The fraction of sp³-hybridized carbons (Fsp3) is 0.0833. The van der Waals surface area contributed by atoms with E-state index >= 15 is 0 Å². The Labute approximate surface area is 393 Å². The highest BCUT2D eigenvalue weighted by Crippen LogP contribution is 2.39. The smallest absolute Gasteiger partial charge is 0.497 e. The molecule has 0 atom stereocenters. The molecule has 0 fully saturated rings. The third-order valence-electron chi connectivity index (χ3n) is 9.55. The summed E-state index contributed by atoms with van der Waals surface area (Å²) in [7, 11) is -6.18. The monoisotopic (exact) mass is 976 g/mol. The van der Waals surface area contributed by atoms with E-state index in [1.165, 1.54) is 35.6 Å². The Morgan fingerprint density at radius 3 is 1.51 bits per heavy atom. The Bertz CT molecular complexity index is 2880. The van der Waals surface area contributed by atoms with E-state index in [0.717, 1.165) is 27.1 Å². The minimum atomic E-state index is -4.65. The Morgan fingerprint density at radius 1 is 0.559 bits per heavy atom. The minimum Gasteiger partial charge on any atom is -0.497 e. The van der Waals surface area contributed by atoms with Crippen molar-refractivity contribution in [2.45, 2.75) is 12.8 Å². The van der Waals surface area contributed by atoms with E-state index in [9.17, 15) is 18.7 Å². The summed E-state index contributed by atoms with van der Waals surface area (Å²) in [5, 5.41) is 6.40. The predicted octanol–water partition coefficient (Wildman–Crippen LogP) is 9.80. The molecule has 0 saturated carbocycles. The number of aromatic nitrogens is 2. The summed E-state index contributed by atoms with van der Waals surface area (Å²) in [6, 6.07) is 45.3. The second-order valence-corrected chi connectivity index (χ2v) is 17.9. The van der Waals surface area contributed by atoms with E-state index in [-0.39, 0.29) is 29.5 Å². The molecule has 0 radical (unpaired) electrons.